The van der Waals surface area contributed by atoms with Crippen molar-refractivity contribution in [3.05, 3.63) is 193 Å². The Labute approximate surface area is 279 Å². The summed E-state index contributed by atoms with van der Waals surface area (Å²) in [7, 11) is 0. The molecule has 226 valence electrons. The lowest BCUT2D eigenvalue weighted by molar-refractivity contribution is 0.665. The molecule has 1 aromatic heterocycles. The topological polar surface area (TPSA) is 37.3 Å². The van der Waals surface area contributed by atoms with E-state index in [1.54, 1.807) is 0 Å². The average molecular weight is 614 g/mol. The first-order chi connectivity index (χ1) is 23.8. The van der Waals surface area contributed by atoms with Crippen LogP contribution in [0, 0.1) is 0 Å². The van der Waals surface area contributed by atoms with E-state index in [1.807, 2.05) is 18.5 Å². The van der Waals surface area contributed by atoms with Crippen LogP contribution in [0.25, 0.3) is 60.3 Å². The van der Waals surface area contributed by atoms with Crippen molar-refractivity contribution < 1.29 is 0 Å². The standard InChI is InChI=1S/C45H31N3/c1-2-10-33-26-37(23-18-30(33)9-1)45-47-43(28-44(48-45)36-13-7-12-34(25-36)38-14-8-24-46-29-38)32-21-19-31(20-22-32)42-27-35-11-3-4-15-39(35)40-16-5-6-17-41(40)42/h1-29,45,48H. The third-order valence-electron chi connectivity index (χ3n) is 9.36. The first-order valence-electron chi connectivity index (χ1n) is 16.3. The maximum Gasteiger partial charge on any atom is 0.145 e. The van der Waals surface area contributed by atoms with Crippen LogP contribution in [-0.4, -0.2) is 10.7 Å². The zero-order chi connectivity index (χ0) is 31.9. The van der Waals surface area contributed by atoms with E-state index in [0.29, 0.717) is 0 Å². The molecular formula is C45H31N3. The molecule has 0 saturated heterocycles. The van der Waals surface area contributed by atoms with Gasteiger partial charge in [0.1, 0.15) is 6.17 Å². The summed E-state index contributed by atoms with van der Waals surface area (Å²) in [6, 6.07) is 56.3. The Morgan fingerprint density at radius 1 is 0.458 bits per heavy atom. The third kappa shape index (κ3) is 5.12. The fourth-order valence-corrected chi connectivity index (χ4v) is 6.91. The van der Waals surface area contributed by atoms with Crippen LogP contribution in [0.1, 0.15) is 22.9 Å². The minimum absolute atomic E-state index is 0.240. The van der Waals surface area contributed by atoms with Gasteiger partial charge in [-0.3, -0.25) is 9.98 Å². The van der Waals surface area contributed by atoms with Crippen LogP contribution >= 0.6 is 0 Å². The highest BCUT2D eigenvalue weighted by molar-refractivity contribution is 6.15. The zero-order valence-corrected chi connectivity index (χ0v) is 26.2. The minimum atomic E-state index is -0.240. The van der Waals surface area contributed by atoms with Crippen molar-refractivity contribution in [3.63, 3.8) is 0 Å². The summed E-state index contributed by atoms with van der Waals surface area (Å²) in [5.74, 6) is 0. The first kappa shape index (κ1) is 27.9. The van der Waals surface area contributed by atoms with Crippen molar-refractivity contribution in [1.29, 1.82) is 0 Å². The van der Waals surface area contributed by atoms with Crippen LogP contribution in [0.4, 0.5) is 0 Å². The summed E-state index contributed by atoms with van der Waals surface area (Å²) < 4.78 is 0. The van der Waals surface area contributed by atoms with Crippen molar-refractivity contribution in [2.24, 2.45) is 4.99 Å². The van der Waals surface area contributed by atoms with Gasteiger partial charge in [0.05, 0.1) is 5.71 Å². The lowest BCUT2D eigenvalue weighted by Crippen LogP contribution is -2.24. The zero-order valence-electron chi connectivity index (χ0n) is 26.2. The molecule has 0 amide bonds. The molecule has 1 aliphatic heterocycles. The maximum atomic E-state index is 5.30. The van der Waals surface area contributed by atoms with Gasteiger partial charge >= 0.3 is 0 Å². The van der Waals surface area contributed by atoms with Gasteiger partial charge in [-0.15, -0.1) is 0 Å². The van der Waals surface area contributed by atoms with E-state index in [-0.39, 0.29) is 6.17 Å². The maximum absolute atomic E-state index is 5.30. The molecule has 3 heteroatoms. The van der Waals surface area contributed by atoms with Crippen LogP contribution in [-0.2, 0) is 0 Å². The number of allylic oxidation sites excluding steroid dienone is 1. The fourth-order valence-electron chi connectivity index (χ4n) is 6.91. The molecule has 0 aliphatic carbocycles. The van der Waals surface area contributed by atoms with Gasteiger partial charge in [0.2, 0.25) is 0 Å². The van der Waals surface area contributed by atoms with Gasteiger partial charge in [-0.2, -0.15) is 0 Å². The van der Waals surface area contributed by atoms with Gasteiger partial charge < -0.3 is 5.32 Å². The largest absolute Gasteiger partial charge is 0.360 e. The molecule has 3 nitrogen and oxygen atoms in total. The predicted molar refractivity (Wildman–Crippen MR) is 201 cm³/mol. The number of nitrogens with zero attached hydrogens (tertiary/aromatic N) is 2. The molecule has 48 heavy (non-hydrogen) atoms. The van der Waals surface area contributed by atoms with Gasteiger partial charge in [0.25, 0.3) is 0 Å². The molecule has 1 unspecified atom stereocenters. The summed E-state index contributed by atoms with van der Waals surface area (Å²) in [5.41, 5.74) is 9.94. The number of hydrogen-bond donors (Lipinski definition) is 1. The molecule has 8 aromatic rings. The van der Waals surface area contributed by atoms with Crippen LogP contribution in [0.3, 0.4) is 0 Å². The quantitative estimate of drug-likeness (QED) is 0.196. The van der Waals surface area contributed by atoms with Crippen LogP contribution in [0.15, 0.2) is 181 Å². The number of rotatable bonds is 5. The average Bonchev–Trinajstić information content (AvgIpc) is 3.17. The molecule has 0 saturated carbocycles. The lowest BCUT2D eigenvalue weighted by atomic mass is 9.92. The second-order valence-corrected chi connectivity index (χ2v) is 12.3. The fraction of sp³-hybridized carbons (Fsp3) is 0.0222. The number of aromatic nitrogens is 1. The van der Waals surface area contributed by atoms with Gasteiger partial charge in [-0.05, 0) is 96.0 Å². The van der Waals surface area contributed by atoms with E-state index >= 15 is 0 Å². The molecule has 1 atom stereocenters. The Balaban J connectivity index is 1.14. The second kappa shape index (κ2) is 11.8. The van der Waals surface area contributed by atoms with E-state index < -0.39 is 0 Å². The van der Waals surface area contributed by atoms with Crippen LogP contribution < -0.4 is 5.32 Å². The Bertz CT molecular complexity index is 2530. The highest BCUT2D eigenvalue weighted by Gasteiger charge is 2.20. The Morgan fingerprint density at radius 2 is 1.17 bits per heavy atom. The van der Waals surface area contributed by atoms with Crippen molar-refractivity contribution >= 4 is 43.7 Å². The summed E-state index contributed by atoms with van der Waals surface area (Å²) in [6.07, 6.45) is 5.66. The molecule has 0 bridgehead atoms. The summed E-state index contributed by atoms with van der Waals surface area (Å²) >= 11 is 0. The Hall–Kier alpha value is -6.32. The molecular weight excluding hydrogens is 583 g/mol. The molecule has 7 aromatic carbocycles. The number of aliphatic imine (C=N–C) groups is 1. The van der Waals surface area contributed by atoms with E-state index in [1.165, 1.54) is 43.4 Å². The van der Waals surface area contributed by atoms with E-state index in [4.69, 9.17) is 4.99 Å². The van der Waals surface area contributed by atoms with Gasteiger partial charge in [0.15, 0.2) is 0 Å². The number of nitrogens with one attached hydrogen (secondary N) is 1. The Kier molecular flexibility index (Phi) is 6.87. The SMILES string of the molecule is C1=C(c2cccc(-c3cccnc3)c2)NC(c2ccc3ccccc3c2)N=C1c1ccc(-c2cc3ccccc3c3ccccc23)cc1. The molecule has 0 spiro atoms. The van der Waals surface area contributed by atoms with Crippen molar-refractivity contribution in [2.45, 2.75) is 6.17 Å². The van der Waals surface area contributed by atoms with Gasteiger partial charge in [-0.1, -0.05) is 133 Å². The smallest absolute Gasteiger partial charge is 0.145 e. The number of fused-ring (bicyclic) bond motifs is 4. The van der Waals surface area contributed by atoms with Crippen LogP contribution in [0.5, 0.6) is 0 Å². The molecule has 1 aliphatic rings. The highest BCUT2D eigenvalue weighted by Crippen LogP contribution is 2.36. The highest BCUT2D eigenvalue weighted by atomic mass is 15.1. The number of pyridine rings is 1. The summed E-state index contributed by atoms with van der Waals surface area (Å²) in [6.45, 7) is 0. The van der Waals surface area contributed by atoms with Crippen molar-refractivity contribution in [3.8, 4) is 22.3 Å². The number of benzene rings is 7. The molecule has 2 heterocycles. The molecule has 9 rings (SSSR count). The van der Waals surface area contributed by atoms with Gasteiger partial charge in [-0.25, -0.2) is 0 Å². The van der Waals surface area contributed by atoms with Gasteiger partial charge in [0, 0.05) is 23.7 Å². The van der Waals surface area contributed by atoms with Crippen molar-refractivity contribution in [2.75, 3.05) is 0 Å². The monoisotopic (exact) mass is 613 g/mol. The molecule has 1 N–H and O–H groups in total. The normalized spacial score (nSPS) is 14.5. The summed E-state index contributed by atoms with van der Waals surface area (Å²) in [4.78, 5) is 9.64. The lowest BCUT2D eigenvalue weighted by Gasteiger charge is -2.25. The van der Waals surface area contributed by atoms with E-state index in [2.05, 4.69) is 168 Å². The molecule has 0 fully saturated rings. The minimum Gasteiger partial charge on any atom is -0.360 e. The Morgan fingerprint density at radius 3 is 2.00 bits per heavy atom. The first-order valence-corrected chi connectivity index (χ1v) is 16.3. The number of hydrogen-bond acceptors (Lipinski definition) is 3. The van der Waals surface area contributed by atoms with E-state index in [0.717, 1.165) is 39.2 Å². The molecule has 0 radical (unpaired) electrons. The van der Waals surface area contributed by atoms with Crippen LogP contribution in [0.2, 0.25) is 0 Å². The second-order valence-electron chi connectivity index (χ2n) is 12.3. The summed E-state index contributed by atoms with van der Waals surface area (Å²) in [5, 5.41) is 11.2. The third-order valence-corrected chi connectivity index (χ3v) is 9.36. The van der Waals surface area contributed by atoms with Crippen molar-refractivity contribution in [1.82, 2.24) is 10.3 Å². The predicted octanol–water partition coefficient (Wildman–Crippen LogP) is 11.0. The van der Waals surface area contributed by atoms with E-state index in [9.17, 15) is 0 Å².